The Hall–Kier alpha value is -1.39. The van der Waals surface area contributed by atoms with Gasteiger partial charge in [0.1, 0.15) is 0 Å². The number of benzene rings is 1. The molecule has 0 unspecified atom stereocenters. The zero-order valence-electron chi connectivity index (χ0n) is 22.4. The van der Waals surface area contributed by atoms with E-state index < -0.39 is 0 Å². The smallest absolute Gasteiger partial charge is 0.220 e. The number of carbonyl (C=O) groups excluding carboxylic acids is 1. The van der Waals surface area contributed by atoms with Crippen LogP contribution in [-0.4, -0.2) is 39.4 Å². The van der Waals surface area contributed by atoms with Gasteiger partial charge in [-0.1, -0.05) is 102 Å². The third kappa shape index (κ3) is 19.0. The molecule has 0 aromatic heterocycles. The van der Waals surface area contributed by atoms with Gasteiger partial charge >= 0.3 is 0 Å². The highest BCUT2D eigenvalue weighted by molar-refractivity contribution is 5.76. The van der Waals surface area contributed by atoms with Gasteiger partial charge in [0.25, 0.3) is 0 Å². The molecule has 0 fully saturated rings. The topological polar surface area (TPSA) is 47.6 Å². The summed E-state index contributed by atoms with van der Waals surface area (Å²) in [5, 5.41) is 2.99. The van der Waals surface area contributed by atoms with Crippen LogP contribution in [-0.2, 0) is 27.1 Å². The summed E-state index contributed by atoms with van der Waals surface area (Å²) in [6.45, 7) is 5.10. The van der Waals surface area contributed by atoms with Crippen LogP contribution < -0.4 is 5.32 Å². The van der Waals surface area contributed by atoms with Gasteiger partial charge in [-0.05, 0) is 43.2 Å². The molecule has 1 amide bonds. The summed E-state index contributed by atoms with van der Waals surface area (Å²) in [5.41, 5.74) is 2.67. The third-order valence-corrected chi connectivity index (χ3v) is 6.41. The van der Waals surface area contributed by atoms with Crippen molar-refractivity contribution in [3.05, 3.63) is 35.4 Å². The van der Waals surface area contributed by atoms with Crippen LogP contribution in [0.1, 0.15) is 114 Å². The fourth-order valence-electron chi connectivity index (χ4n) is 4.20. The van der Waals surface area contributed by atoms with Crippen LogP contribution in [0.3, 0.4) is 0 Å². The molecule has 0 bridgehead atoms. The van der Waals surface area contributed by atoms with Crippen molar-refractivity contribution >= 4 is 5.91 Å². The maximum Gasteiger partial charge on any atom is 0.220 e. The molecule has 0 spiro atoms. The number of carbonyl (C=O) groups is 1. The SMILES string of the molecule is CCCCCCCCCCCCCCc1ccc(CCC(=O)NCCCOCCCOC)cc1. The highest BCUT2D eigenvalue weighted by Crippen LogP contribution is 2.14. The second-order valence-corrected chi connectivity index (χ2v) is 9.62. The first-order valence-corrected chi connectivity index (χ1v) is 14.2. The minimum Gasteiger partial charge on any atom is -0.385 e. The van der Waals surface area contributed by atoms with E-state index in [0.717, 1.165) is 32.5 Å². The Bertz CT molecular complexity index is 573. The molecule has 0 aliphatic carbocycles. The average molecular weight is 476 g/mol. The lowest BCUT2D eigenvalue weighted by molar-refractivity contribution is -0.121. The van der Waals surface area contributed by atoms with Crippen LogP contribution in [0.15, 0.2) is 24.3 Å². The number of unbranched alkanes of at least 4 members (excludes halogenated alkanes) is 11. The fourth-order valence-corrected chi connectivity index (χ4v) is 4.20. The predicted octanol–water partition coefficient (Wildman–Crippen LogP) is 7.42. The molecule has 4 nitrogen and oxygen atoms in total. The standard InChI is InChI=1S/C30H53NO3/c1-3-4-5-6-7-8-9-10-11-12-13-14-17-28-18-20-29(21-19-28)22-23-30(32)31-24-15-26-34-27-16-25-33-2/h18-21H,3-17,22-27H2,1-2H3,(H,31,32). The lowest BCUT2D eigenvalue weighted by Crippen LogP contribution is -2.25. The molecule has 0 heterocycles. The molecule has 1 aromatic carbocycles. The number of amides is 1. The molecule has 1 aromatic rings. The highest BCUT2D eigenvalue weighted by Gasteiger charge is 2.03. The van der Waals surface area contributed by atoms with Crippen LogP contribution in [0.2, 0.25) is 0 Å². The largest absolute Gasteiger partial charge is 0.385 e. The Labute approximate surface area is 210 Å². The van der Waals surface area contributed by atoms with E-state index in [2.05, 4.69) is 36.5 Å². The van der Waals surface area contributed by atoms with Crippen LogP contribution >= 0.6 is 0 Å². The number of rotatable bonds is 24. The van der Waals surface area contributed by atoms with Crippen molar-refractivity contribution in [1.82, 2.24) is 5.32 Å². The maximum absolute atomic E-state index is 12.0. The quantitative estimate of drug-likeness (QED) is 0.158. The number of ether oxygens (including phenoxy) is 2. The molecule has 0 aliphatic rings. The Morgan fingerprint density at radius 1 is 0.676 bits per heavy atom. The molecule has 196 valence electrons. The van der Waals surface area contributed by atoms with Crippen molar-refractivity contribution in [3.63, 3.8) is 0 Å². The van der Waals surface area contributed by atoms with E-state index in [4.69, 9.17) is 9.47 Å². The van der Waals surface area contributed by atoms with E-state index in [1.807, 2.05) is 0 Å². The van der Waals surface area contributed by atoms with Crippen molar-refractivity contribution in [2.24, 2.45) is 0 Å². The van der Waals surface area contributed by atoms with Crippen molar-refractivity contribution in [2.75, 3.05) is 33.5 Å². The van der Waals surface area contributed by atoms with Crippen LogP contribution in [0.5, 0.6) is 0 Å². The average Bonchev–Trinajstić information content (AvgIpc) is 2.85. The van der Waals surface area contributed by atoms with Crippen molar-refractivity contribution in [2.45, 2.75) is 116 Å². The molecule has 4 heteroatoms. The summed E-state index contributed by atoms with van der Waals surface area (Å²) in [6.07, 6.45) is 21.0. The molecule has 1 rings (SSSR count). The van der Waals surface area contributed by atoms with Crippen LogP contribution in [0.4, 0.5) is 0 Å². The highest BCUT2D eigenvalue weighted by atomic mass is 16.5. The zero-order chi connectivity index (χ0) is 24.5. The first-order chi connectivity index (χ1) is 16.8. The molecule has 34 heavy (non-hydrogen) atoms. The maximum atomic E-state index is 12.0. The van der Waals surface area contributed by atoms with Gasteiger partial charge < -0.3 is 14.8 Å². The minimum atomic E-state index is 0.125. The Morgan fingerprint density at radius 2 is 1.21 bits per heavy atom. The molecule has 0 saturated heterocycles. The number of hydrogen-bond acceptors (Lipinski definition) is 3. The first kappa shape index (κ1) is 30.6. The second-order valence-electron chi connectivity index (χ2n) is 9.62. The van der Waals surface area contributed by atoms with Crippen LogP contribution in [0, 0.1) is 0 Å². The monoisotopic (exact) mass is 475 g/mol. The Morgan fingerprint density at radius 3 is 1.79 bits per heavy atom. The van der Waals surface area contributed by atoms with E-state index >= 15 is 0 Å². The molecule has 1 N–H and O–H groups in total. The zero-order valence-corrected chi connectivity index (χ0v) is 22.4. The molecule has 0 radical (unpaired) electrons. The number of hydrogen-bond donors (Lipinski definition) is 1. The van der Waals surface area contributed by atoms with E-state index in [1.165, 1.54) is 94.6 Å². The van der Waals surface area contributed by atoms with Gasteiger partial charge in [-0.3, -0.25) is 4.79 Å². The summed E-state index contributed by atoms with van der Waals surface area (Å²) >= 11 is 0. The lowest BCUT2D eigenvalue weighted by atomic mass is 10.0. The Kier molecular flexibility index (Phi) is 21.0. The lowest BCUT2D eigenvalue weighted by Gasteiger charge is -2.07. The van der Waals surface area contributed by atoms with Crippen molar-refractivity contribution < 1.29 is 14.3 Å². The summed E-state index contributed by atoms with van der Waals surface area (Å²) in [4.78, 5) is 12.0. The van der Waals surface area contributed by atoms with Crippen molar-refractivity contribution in [3.8, 4) is 0 Å². The van der Waals surface area contributed by atoms with Crippen LogP contribution in [0.25, 0.3) is 0 Å². The second kappa shape index (κ2) is 23.4. The Balaban J connectivity index is 1.96. The first-order valence-electron chi connectivity index (χ1n) is 14.2. The molecule has 0 atom stereocenters. The predicted molar refractivity (Wildman–Crippen MR) is 144 cm³/mol. The van der Waals surface area contributed by atoms with Gasteiger partial charge in [-0.15, -0.1) is 0 Å². The van der Waals surface area contributed by atoms with E-state index in [0.29, 0.717) is 19.6 Å². The summed E-state index contributed by atoms with van der Waals surface area (Å²) in [5.74, 6) is 0.125. The van der Waals surface area contributed by atoms with Gasteiger partial charge in [0.2, 0.25) is 5.91 Å². The number of aryl methyl sites for hydroxylation is 2. The minimum absolute atomic E-state index is 0.125. The number of nitrogens with one attached hydrogen (secondary N) is 1. The normalized spacial score (nSPS) is 11.1. The van der Waals surface area contributed by atoms with E-state index in [9.17, 15) is 4.79 Å². The molecular weight excluding hydrogens is 422 g/mol. The summed E-state index contributed by atoms with van der Waals surface area (Å²) < 4.78 is 10.5. The van der Waals surface area contributed by atoms with Gasteiger partial charge in [0.15, 0.2) is 0 Å². The summed E-state index contributed by atoms with van der Waals surface area (Å²) in [6, 6.07) is 8.87. The van der Waals surface area contributed by atoms with Gasteiger partial charge in [-0.2, -0.15) is 0 Å². The van der Waals surface area contributed by atoms with Gasteiger partial charge in [-0.25, -0.2) is 0 Å². The van der Waals surface area contributed by atoms with Gasteiger partial charge in [0.05, 0.1) is 0 Å². The number of methoxy groups -OCH3 is 1. The fraction of sp³-hybridized carbons (Fsp3) is 0.767. The molecule has 0 aliphatic heterocycles. The van der Waals surface area contributed by atoms with Crippen molar-refractivity contribution in [1.29, 1.82) is 0 Å². The third-order valence-electron chi connectivity index (χ3n) is 6.41. The van der Waals surface area contributed by atoms with Gasteiger partial charge in [0, 0.05) is 39.9 Å². The summed E-state index contributed by atoms with van der Waals surface area (Å²) in [7, 11) is 1.70. The molecular formula is C30H53NO3. The van der Waals surface area contributed by atoms with E-state index in [-0.39, 0.29) is 5.91 Å². The molecule has 0 saturated carbocycles. The van der Waals surface area contributed by atoms with E-state index in [1.54, 1.807) is 7.11 Å².